The molecule has 2 heterocycles. The van der Waals surface area contributed by atoms with Gasteiger partial charge < -0.3 is 5.32 Å². The maximum absolute atomic E-state index is 4.56. The van der Waals surface area contributed by atoms with Crippen LogP contribution in [0.15, 0.2) is 11.7 Å². The van der Waals surface area contributed by atoms with Crippen molar-refractivity contribution in [2.45, 2.75) is 52.6 Å². The van der Waals surface area contributed by atoms with Crippen LogP contribution in [-0.4, -0.2) is 32.3 Å². The van der Waals surface area contributed by atoms with Gasteiger partial charge in [-0.25, -0.2) is 14.6 Å². The predicted octanol–water partition coefficient (Wildman–Crippen LogP) is 2.39. The molecule has 0 saturated heterocycles. The minimum atomic E-state index is 0.344. The van der Waals surface area contributed by atoms with Gasteiger partial charge in [0.05, 0.1) is 5.01 Å². The van der Waals surface area contributed by atoms with Crippen LogP contribution in [0, 0.1) is 6.92 Å². The van der Waals surface area contributed by atoms with Crippen LogP contribution in [0.2, 0.25) is 0 Å². The Kier molecular flexibility index (Phi) is 5.25. The molecule has 0 saturated carbocycles. The number of hydrogen-bond donors (Lipinski definition) is 1. The Morgan fingerprint density at radius 2 is 2.15 bits per heavy atom. The molecule has 2 aromatic rings. The summed E-state index contributed by atoms with van der Waals surface area (Å²) in [5.41, 5.74) is 1.10. The first-order chi connectivity index (χ1) is 9.60. The van der Waals surface area contributed by atoms with Crippen LogP contribution in [0.5, 0.6) is 0 Å². The molecule has 1 N–H and O–H groups in total. The number of thiazole rings is 1. The van der Waals surface area contributed by atoms with E-state index < -0.39 is 0 Å². The second-order valence-electron chi connectivity index (χ2n) is 5.26. The molecule has 0 aliphatic heterocycles. The lowest BCUT2D eigenvalue weighted by atomic mass is 10.1. The van der Waals surface area contributed by atoms with Crippen molar-refractivity contribution in [1.29, 1.82) is 0 Å². The lowest BCUT2D eigenvalue weighted by Crippen LogP contribution is -2.34. The van der Waals surface area contributed by atoms with Gasteiger partial charge in [0.2, 0.25) is 0 Å². The third-order valence-electron chi connectivity index (χ3n) is 3.15. The van der Waals surface area contributed by atoms with Crippen LogP contribution in [-0.2, 0) is 12.8 Å². The molecule has 0 aliphatic rings. The summed E-state index contributed by atoms with van der Waals surface area (Å²) in [6.45, 7) is 9.38. The number of aryl methyl sites for hydroxylation is 1. The Hall–Kier alpha value is -1.27. The first-order valence-electron chi connectivity index (χ1n) is 7.13. The van der Waals surface area contributed by atoms with Crippen LogP contribution in [0.4, 0.5) is 0 Å². The molecule has 0 radical (unpaired) electrons. The van der Waals surface area contributed by atoms with Gasteiger partial charge in [-0.1, -0.05) is 6.92 Å². The zero-order valence-corrected chi connectivity index (χ0v) is 13.4. The molecule has 20 heavy (non-hydrogen) atoms. The van der Waals surface area contributed by atoms with Crippen molar-refractivity contribution in [3.63, 3.8) is 0 Å². The fourth-order valence-corrected chi connectivity index (χ4v) is 3.14. The lowest BCUT2D eigenvalue weighted by Gasteiger charge is -2.17. The highest BCUT2D eigenvalue weighted by Gasteiger charge is 2.16. The van der Waals surface area contributed by atoms with Crippen LogP contribution in [0.3, 0.4) is 0 Å². The second-order valence-corrected chi connectivity index (χ2v) is 6.20. The summed E-state index contributed by atoms with van der Waals surface area (Å²) in [6, 6.07) is 0.698. The van der Waals surface area contributed by atoms with E-state index >= 15 is 0 Å². The summed E-state index contributed by atoms with van der Waals surface area (Å²) in [5, 5.41) is 11.1. The minimum absolute atomic E-state index is 0.344. The smallest absolute Gasteiger partial charge is 0.138 e. The van der Waals surface area contributed by atoms with Gasteiger partial charge in [0.1, 0.15) is 12.2 Å². The van der Waals surface area contributed by atoms with E-state index in [1.807, 2.05) is 11.6 Å². The topological polar surface area (TPSA) is 55.6 Å². The van der Waals surface area contributed by atoms with Gasteiger partial charge in [-0.2, -0.15) is 5.10 Å². The second kappa shape index (κ2) is 6.95. The largest absolute Gasteiger partial charge is 0.313 e. The number of likely N-dealkylation sites (N-methyl/N-ethyl adjacent to an activating group) is 1. The molecule has 1 atom stereocenters. The first kappa shape index (κ1) is 15.1. The summed E-state index contributed by atoms with van der Waals surface area (Å²) in [6.07, 6.45) is 3.47. The quantitative estimate of drug-likeness (QED) is 0.851. The van der Waals surface area contributed by atoms with Crippen molar-refractivity contribution in [3.8, 4) is 0 Å². The summed E-state index contributed by atoms with van der Waals surface area (Å²) in [5.74, 6) is 1.04. The van der Waals surface area contributed by atoms with E-state index in [0.29, 0.717) is 12.1 Å². The average Bonchev–Trinajstić information content (AvgIpc) is 2.99. The number of nitrogens with one attached hydrogen (secondary N) is 1. The van der Waals surface area contributed by atoms with Crippen LogP contribution >= 0.6 is 11.3 Å². The molecular formula is C14H23N5S. The van der Waals surface area contributed by atoms with E-state index in [9.17, 15) is 0 Å². The van der Waals surface area contributed by atoms with Crippen molar-refractivity contribution in [2.75, 3.05) is 6.54 Å². The number of rotatable bonds is 7. The lowest BCUT2D eigenvalue weighted by molar-refractivity contribution is 0.458. The van der Waals surface area contributed by atoms with Gasteiger partial charge in [-0.3, -0.25) is 0 Å². The molecular weight excluding hydrogens is 270 g/mol. The molecule has 0 aliphatic carbocycles. The fourth-order valence-electron chi connectivity index (χ4n) is 2.28. The van der Waals surface area contributed by atoms with E-state index in [1.54, 1.807) is 17.7 Å². The van der Waals surface area contributed by atoms with E-state index in [-0.39, 0.29) is 0 Å². The van der Waals surface area contributed by atoms with Gasteiger partial charge in [-0.05, 0) is 27.3 Å². The summed E-state index contributed by atoms with van der Waals surface area (Å²) < 4.78 is 2.00. The highest BCUT2D eigenvalue weighted by molar-refractivity contribution is 7.09. The Morgan fingerprint density at radius 1 is 1.35 bits per heavy atom. The SMILES string of the molecule is CCNC(Cc1nc(C)cs1)Cc1ncnn1C(C)C. The summed E-state index contributed by atoms with van der Waals surface area (Å²) in [4.78, 5) is 8.96. The Balaban J connectivity index is 2.06. The third kappa shape index (κ3) is 3.86. The molecule has 0 fully saturated rings. The molecule has 0 bridgehead atoms. The first-order valence-corrected chi connectivity index (χ1v) is 8.00. The monoisotopic (exact) mass is 293 g/mol. The van der Waals surface area contributed by atoms with E-state index in [2.05, 4.69) is 46.5 Å². The Morgan fingerprint density at radius 3 is 2.75 bits per heavy atom. The standard InChI is InChI=1S/C14H23N5S/c1-5-15-12(7-14-18-11(4)8-20-14)6-13-16-9-17-19(13)10(2)3/h8-10,12,15H,5-7H2,1-4H3. The summed E-state index contributed by atoms with van der Waals surface area (Å²) in [7, 11) is 0. The zero-order valence-electron chi connectivity index (χ0n) is 12.6. The van der Waals surface area contributed by atoms with Gasteiger partial charge in [-0.15, -0.1) is 11.3 Å². The Bertz CT molecular complexity index is 531. The molecule has 5 nitrogen and oxygen atoms in total. The molecule has 6 heteroatoms. The fraction of sp³-hybridized carbons (Fsp3) is 0.643. The number of hydrogen-bond acceptors (Lipinski definition) is 5. The maximum Gasteiger partial charge on any atom is 0.138 e. The third-order valence-corrected chi connectivity index (χ3v) is 4.13. The molecule has 2 aromatic heterocycles. The zero-order chi connectivity index (χ0) is 14.5. The van der Waals surface area contributed by atoms with Gasteiger partial charge in [0, 0.05) is 36.0 Å². The normalized spacial score (nSPS) is 13.1. The molecule has 1 unspecified atom stereocenters. The van der Waals surface area contributed by atoms with Crippen molar-refractivity contribution < 1.29 is 0 Å². The van der Waals surface area contributed by atoms with Gasteiger partial charge in [0.25, 0.3) is 0 Å². The average molecular weight is 293 g/mol. The minimum Gasteiger partial charge on any atom is -0.313 e. The van der Waals surface area contributed by atoms with E-state index in [1.165, 1.54) is 5.01 Å². The molecule has 2 rings (SSSR count). The molecule has 0 amide bonds. The van der Waals surface area contributed by atoms with Crippen molar-refractivity contribution in [3.05, 3.63) is 28.2 Å². The van der Waals surface area contributed by atoms with Crippen LogP contribution in [0.1, 0.15) is 43.3 Å². The van der Waals surface area contributed by atoms with Crippen molar-refractivity contribution in [1.82, 2.24) is 25.1 Å². The van der Waals surface area contributed by atoms with E-state index in [4.69, 9.17) is 0 Å². The molecule has 0 spiro atoms. The number of nitrogens with zero attached hydrogens (tertiary/aromatic N) is 4. The van der Waals surface area contributed by atoms with Crippen LogP contribution in [0.25, 0.3) is 0 Å². The van der Waals surface area contributed by atoms with Crippen LogP contribution < -0.4 is 5.32 Å². The van der Waals surface area contributed by atoms with E-state index in [0.717, 1.165) is 30.9 Å². The van der Waals surface area contributed by atoms with Gasteiger partial charge >= 0.3 is 0 Å². The Labute approximate surface area is 124 Å². The van der Waals surface area contributed by atoms with Crippen molar-refractivity contribution >= 4 is 11.3 Å². The highest BCUT2D eigenvalue weighted by atomic mass is 32.1. The maximum atomic E-state index is 4.56. The summed E-state index contributed by atoms with van der Waals surface area (Å²) >= 11 is 1.73. The van der Waals surface area contributed by atoms with Crippen molar-refractivity contribution in [2.24, 2.45) is 0 Å². The predicted molar refractivity (Wildman–Crippen MR) is 82.1 cm³/mol. The molecule has 0 aromatic carbocycles. The highest BCUT2D eigenvalue weighted by Crippen LogP contribution is 2.14. The van der Waals surface area contributed by atoms with Gasteiger partial charge in [0.15, 0.2) is 0 Å². The number of aromatic nitrogens is 4. The molecule has 110 valence electrons.